The predicted octanol–water partition coefficient (Wildman–Crippen LogP) is 2.32. The van der Waals surface area contributed by atoms with Gasteiger partial charge in [-0.2, -0.15) is 0 Å². The number of hydrogen-bond donors (Lipinski definition) is 3. The molecule has 2 heterocycles. The normalized spacial score (nSPS) is 16.2. The van der Waals surface area contributed by atoms with Crippen LogP contribution in [0.1, 0.15) is 25.4 Å². The topological polar surface area (TPSA) is 93.3 Å². The molecule has 1 aromatic heterocycles. The molecule has 0 bridgehead atoms. The number of amides is 1. The summed E-state index contributed by atoms with van der Waals surface area (Å²) in [5.41, 5.74) is -0.00700. The van der Waals surface area contributed by atoms with Gasteiger partial charge in [-0.25, -0.2) is 4.99 Å². The van der Waals surface area contributed by atoms with Gasteiger partial charge in [0.25, 0.3) is 0 Å². The van der Waals surface area contributed by atoms with Crippen LogP contribution < -0.4 is 15.5 Å². The molecule has 1 fully saturated rings. The standard InChI is InChI=1S/C23H33N5O3.HI/c1-4-24-22(26-17-23(3,30)20-11-10-18(2)31-20)25-16-21(29)28-14-12-27(13-15-28)19-8-6-5-7-9-19;/h5-11,30H,4,12-17H2,1-3H3,(H2,24,25,26);1H. The number of nitrogens with one attached hydrogen (secondary N) is 2. The molecular weight excluding hydrogens is 521 g/mol. The second-order valence-electron chi connectivity index (χ2n) is 7.94. The van der Waals surface area contributed by atoms with Crippen LogP contribution in [0.3, 0.4) is 0 Å². The van der Waals surface area contributed by atoms with Gasteiger partial charge in [-0.1, -0.05) is 18.2 Å². The van der Waals surface area contributed by atoms with E-state index in [9.17, 15) is 9.90 Å². The highest BCUT2D eigenvalue weighted by Crippen LogP contribution is 2.21. The average molecular weight is 555 g/mol. The van der Waals surface area contributed by atoms with Crippen molar-refractivity contribution in [3.63, 3.8) is 0 Å². The number of para-hydroxylation sites is 1. The Bertz CT molecular complexity index is 877. The lowest BCUT2D eigenvalue weighted by Crippen LogP contribution is -2.50. The van der Waals surface area contributed by atoms with Crippen LogP contribution in [-0.2, 0) is 10.4 Å². The van der Waals surface area contributed by atoms with Crippen LogP contribution in [0.15, 0.2) is 51.9 Å². The number of guanidine groups is 1. The average Bonchev–Trinajstić information content (AvgIpc) is 3.23. The summed E-state index contributed by atoms with van der Waals surface area (Å²) in [5, 5.41) is 16.9. The fourth-order valence-electron chi connectivity index (χ4n) is 3.51. The van der Waals surface area contributed by atoms with Gasteiger partial charge in [-0.15, -0.1) is 24.0 Å². The van der Waals surface area contributed by atoms with Gasteiger partial charge in [0.15, 0.2) is 5.96 Å². The highest BCUT2D eigenvalue weighted by atomic mass is 127. The van der Waals surface area contributed by atoms with Crippen molar-refractivity contribution in [2.24, 2.45) is 4.99 Å². The lowest BCUT2D eigenvalue weighted by atomic mass is 10.0. The molecule has 9 heteroatoms. The van der Waals surface area contributed by atoms with Crippen molar-refractivity contribution in [3.05, 3.63) is 54.0 Å². The van der Waals surface area contributed by atoms with Gasteiger partial charge < -0.3 is 30.0 Å². The summed E-state index contributed by atoms with van der Waals surface area (Å²) in [6.45, 7) is 9.36. The minimum absolute atomic E-state index is 0. The Morgan fingerprint density at radius 2 is 1.81 bits per heavy atom. The summed E-state index contributed by atoms with van der Waals surface area (Å²) in [5.74, 6) is 1.72. The van der Waals surface area contributed by atoms with E-state index in [0.717, 1.165) is 18.8 Å². The van der Waals surface area contributed by atoms with Gasteiger partial charge in [-0.3, -0.25) is 4.79 Å². The smallest absolute Gasteiger partial charge is 0.244 e. The zero-order valence-corrected chi connectivity index (χ0v) is 21.3. The van der Waals surface area contributed by atoms with Crippen molar-refractivity contribution in [3.8, 4) is 0 Å². The number of anilines is 1. The van der Waals surface area contributed by atoms with E-state index < -0.39 is 5.60 Å². The minimum atomic E-state index is -1.19. The molecule has 0 spiro atoms. The van der Waals surface area contributed by atoms with Crippen LogP contribution in [0.2, 0.25) is 0 Å². The molecule has 32 heavy (non-hydrogen) atoms. The first-order valence-electron chi connectivity index (χ1n) is 10.8. The Balaban J connectivity index is 0.00000363. The van der Waals surface area contributed by atoms with E-state index >= 15 is 0 Å². The number of piperazine rings is 1. The molecule has 1 saturated heterocycles. The van der Waals surface area contributed by atoms with Gasteiger partial charge in [0.1, 0.15) is 23.7 Å². The number of hydrogen-bond acceptors (Lipinski definition) is 5. The largest absolute Gasteiger partial charge is 0.463 e. The number of halogens is 1. The molecule has 1 atom stereocenters. The molecule has 1 aromatic carbocycles. The number of rotatable bonds is 7. The van der Waals surface area contributed by atoms with E-state index in [1.807, 2.05) is 43.0 Å². The first-order chi connectivity index (χ1) is 14.9. The van der Waals surface area contributed by atoms with Crippen LogP contribution in [-0.4, -0.2) is 67.7 Å². The molecule has 0 aliphatic carbocycles. The molecule has 3 rings (SSSR count). The zero-order valence-electron chi connectivity index (χ0n) is 19.0. The summed E-state index contributed by atoms with van der Waals surface area (Å²) in [4.78, 5) is 21.2. The molecule has 2 aromatic rings. The predicted molar refractivity (Wildman–Crippen MR) is 138 cm³/mol. The number of aliphatic hydroxyl groups is 1. The Kier molecular flexibility index (Phi) is 9.83. The number of carbonyl (C=O) groups excluding carboxylic acids is 1. The molecular formula is C23H34IN5O3. The summed E-state index contributed by atoms with van der Waals surface area (Å²) < 4.78 is 5.54. The van der Waals surface area contributed by atoms with E-state index in [0.29, 0.717) is 31.4 Å². The summed E-state index contributed by atoms with van der Waals surface area (Å²) >= 11 is 0. The third kappa shape index (κ3) is 7.13. The van der Waals surface area contributed by atoms with Crippen molar-refractivity contribution in [1.29, 1.82) is 0 Å². The van der Waals surface area contributed by atoms with E-state index in [1.165, 1.54) is 5.69 Å². The fraction of sp³-hybridized carbons (Fsp3) is 0.478. The highest BCUT2D eigenvalue weighted by Gasteiger charge is 2.27. The monoisotopic (exact) mass is 555 g/mol. The van der Waals surface area contributed by atoms with Gasteiger partial charge in [0, 0.05) is 38.4 Å². The van der Waals surface area contributed by atoms with Crippen molar-refractivity contribution >= 4 is 41.5 Å². The molecule has 1 unspecified atom stereocenters. The van der Waals surface area contributed by atoms with Crippen LogP contribution in [0.25, 0.3) is 0 Å². The second kappa shape index (κ2) is 12.1. The maximum atomic E-state index is 12.7. The third-order valence-electron chi connectivity index (χ3n) is 5.34. The molecule has 0 radical (unpaired) electrons. The Labute approximate surface area is 207 Å². The number of furan rings is 1. The van der Waals surface area contributed by atoms with Crippen LogP contribution in [0.5, 0.6) is 0 Å². The first kappa shape index (κ1) is 26.0. The van der Waals surface area contributed by atoms with E-state index in [1.54, 1.807) is 13.0 Å². The molecule has 176 valence electrons. The van der Waals surface area contributed by atoms with Gasteiger partial charge in [0.2, 0.25) is 5.91 Å². The maximum Gasteiger partial charge on any atom is 0.244 e. The second-order valence-corrected chi connectivity index (χ2v) is 7.94. The molecule has 3 N–H and O–H groups in total. The van der Waals surface area contributed by atoms with Gasteiger partial charge in [-0.05, 0) is 45.0 Å². The number of nitrogens with zero attached hydrogens (tertiary/aromatic N) is 3. The van der Waals surface area contributed by atoms with Gasteiger partial charge >= 0.3 is 0 Å². The van der Waals surface area contributed by atoms with E-state index in [2.05, 4.69) is 32.7 Å². The fourth-order valence-corrected chi connectivity index (χ4v) is 3.51. The summed E-state index contributed by atoms with van der Waals surface area (Å²) in [7, 11) is 0. The van der Waals surface area contributed by atoms with Crippen molar-refractivity contribution in [2.45, 2.75) is 26.4 Å². The number of carbonyl (C=O) groups is 1. The molecule has 1 amide bonds. The summed E-state index contributed by atoms with van der Waals surface area (Å²) in [6.07, 6.45) is 0. The van der Waals surface area contributed by atoms with E-state index in [4.69, 9.17) is 4.42 Å². The lowest BCUT2D eigenvalue weighted by molar-refractivity contribution is -0.129. The number of aliphatic imine (C=N–C) groups is 1. The van der Waals surface area contributed by atoms with E-state index in [-0.39, 0.29) is 43.0 Å². The SMILES string of the molecule is CCNC(=NCC(=O)N1CCN(c2ccccc2)CC1)NCC(C)(O)c1ccc(C)o1.I. The van der Waals surface area contributed by atoms with Crippen LogP contribution in [0.4, 0.5) is 5.69 Å². The summed E-state index contributed by atoms with van der Waals surface area (Å²) in [6, 6.07) is 13.8. The molecule has 1 aliphatic rings. The third-order valence-corrected chi connectivity index (χ3v) is 5.34. The van der Waals surface area contributed by atoms with Crippen molar-refractivity contribution in [2.75, 3.05) is 50.7 Å². The lowest BCUT2D eigenvalue weighted by Gasteiger charge is -2.36. The zero-order chi connectivity index (χ0) is 22.3. The first-order valence-corrected chi connectivity index (χ1v) is 10.8. The molecule has 1 aliphatic heterocycles. The molecule has 8 nitrogen and oxygen atoms in total. The van der Waals surface area contributed by atoms with Crippen molar-refractivity contribution in [1.82, 2.24) is 15.5 Å². The Hall–Kier alpha value is -2.27. The molecule has 0 saturated carbocycles. The van der Waals surface area contributed by atoms with Crippen LogP contribution in [0, 0.1) is 6.92 Å². The van der Waals surface area contributed by atoms with Gasteiger partial charge in [0.05, 0.1) is 6.54 Å². The number of aryl methyl sites for hydroxylation is 1. The van der Waals surface area contributed by atoms with Crippen molar-refractivity contribution < 1.29 is 14.3 Å². The highest BCUT2D eigenvalue weighted by molar-refractivity contribution is 14.0. The minimum Gasteiger partial charge on any atom is -0.463 e. The quantitative estimate of drug-likeness (QED) is 0.276. The Morgan fingerprint density at radius 1 is 1.12 bits per heavy atom. The number of benzene rings is 1. The van der Waals surface area contributed by atoms with Crippen LogP contribution >= 0.6 is 24.0 Å². The Morgan fingerprint density at radius 3 is 2.41 bits per heavy atom. The maximum absolute atomic E-state index is 12.7.